The van der Waals surface area contributed by atoms with Crippen LogP contribution in [0.5, 0.6) is 11.5 Å². The molecule has 2 aromatic carbocycles. The Labute approximate surface area is 211 Å². The Morgan fingerprint density at radius 2 is 1.81 bits per heavy atom. The second-order valence-electron chi connectivity index (χ2n) is 8.83. The van der Waals surface area contributed by atoms with Gasteiger partial charge in [0.1, 0.15) is 17.3 Å². The summed E-state index contributed by atoms with van der Waals surface area (Å²) in [6, 6.07) is 18.0. The Morgan fingerprint density at radius 1 is 1.00 bits per heavy atom. The minimum absolute atomic E-state index is 0.0494. The summed E-state index contributed by atoms with van der Waals surface area (Å²) in [6.45, 7) is 3.88. The van der Waals surface area contributed by atoms with E-state index in [1.54, 1.807) is 14.2 Å². The van der Waals surface area contributed by atoms with Crippen molar-refractivity contribution in [2.45, 2.75) is 32.4 Å². The van der Waals surface area contributed by atoms with E-state index in [9.17, 15) is 5.11 Å². The smallest absolute Gasteiger partial charge is 0.166 e. The Bertz CT molecular complexity index is 1340. The molecule has 3 heterocycles. The number of hydrogen-bond acceptors (Lipinski definition) is 7. The highest BCUT2D eigenvalue weighted by Gasteiger charge is 2.28. The monoisotopic (exact) mass is 488 g/mol. The van der Waals surface area contributed by atoms with Gasteiger partial charge in [0.05, 0.1) is 50.4 Å². The molecule has 1 fully saturated rings. The Kier molecular flexibility index (Phi) is 7.06. The van der Waals surface area contributed by atoms with Crippen molar-refractivity contribution in [1.82, 2.24) is 14.6 Å². The van der Waals surface area contributed by atoms with E-state index in [0.717, 1.165) is 70.4 Å². The van der Waals surface area contributed by atoms with E-state index in [4.69, 9.17) is 24.3 Å². The predicted octanol–water partition coefficient (Wildman–Crippen LogP) is 4.58. The van der Waals surface area contributed by atoms with Crippen LogP contribution >= 0.6 is 0 Å². The molecule has 5 rings (SSSR count). The third-order valence-corrected chi connectivity index (χ3v) is 6.72. The maximum Gasteiger partial charge on any atom is 0.166 e. The van der Waals surface area contributed by atoms with Crippen LogP contribution in [0.4, 0.5) is 5.82 Å². The lowest BCUT2D eigenvalue weighted by Gasteiger charge is -2.25. The molecule has 0 radical (unpaired) electrons. The molecule has 1 saturated heterocycles. The van der Waals surface area contributed by atoms with Crippen LogP contribution in [0.2, 0.25) is 0 Å². The van der Waals surface area contributed by atoms with Crippen LogP contribution in [0.15, 0.2) is 54.6 Å². The van der Waals surface area contributed by atoms with E-state index >= 15 is 0 Å². The van der Waals surface area contributed by atoms with E-state index in [1.165, 1.54) is 0 Å². The molecule has 0 bridgehead atoms. The van der Waals surface area contributed by atoms with Crippen LogP contribution in [0.3, 0.4) is 0 Å². The fraction of sp³-hybridized carbons (Fsp3) is 0.357. The number of aliphatic hydroxyl groups excluding tert-OH is 1. The number of rotatable bonds is 9. The average Bonchev–Trinajstić information content (AvgIpc) is 3.56. The van der Waals surface area contributed by atoms with Crippen molar-refractivity contribution in [1.29, 1.82) is 0 Å². The molecule has 0 aliphatic carbocycles. The summed E-state index contributed by atoms with van der Waals surface area (Å²) in [5.74, 6) is 2.38. The molecule has 8 heteroatoms. The number of aliphatic hydroxyl groups is 1. The van der Waals surface area contributed by atoms with Crippen molar-refractivity contribution in [3.8, 4) is 33.9 Å². The summed E-state index contributed by atoms with van der Waals surface area (Å²) in [5.41, 5.74) is 5.34. The van der Waals surface area contributed by atoms with Gasteiger partial charge in [-0.25, -0.2) is 9.50 Å². The standard InChI is InChI=1S/C28H32N4O4/c1-4-36-18-24-27(19-10-12-22(34-2)13-11-19)28-29-26(31-14-6-8-21(31)17-33)16-25(32(28)30-24)20-7-5-9-23(15-20)35-3/h5,7,9-13,15-16,21,33H,4,6,8,14,17-18H2,1-3H3. The fourth-order valence-corrected chi connectivity index (χ4v) is 4.86. The lowest BCUT2D eigenvalue weighted by atomic mass is 10.1. The van der Waals surface area contributed by atoms with Crippen LogP contribution in [0.25, 0.3) is 28.0 Å². The van der Waals surface area contributed by atoms with Gasteiger partial charge in [0, 0.05) is 24.8 Å². The van der Waals surface area contributed by atoms with Gasteiger partial charge in [0.25, 0.3) is 0 Å². The van der Waals surface area contributed by atoms with Crippen LogP contribution in [0.1, 0.15) is 25.5 Å². The number of methoxy groups -OCH3 is 2. The summed E-state index contributed by atoms with van der Waals surface area (Å²) in [5, 5.41) is 15.0. The zero-order chi connectivity index (χ0) is 25.1. The third kappa shape index (κ3) is 4.50. The Balaban J connectivity index is 1.78. The molecule has 1 aliphatic rings. The minimum atomic E-state index is 0.0494. The molecule has 1 aliphatic heterocycles. The molecule has 8 nitrogen and oxygen atoms in total. The van der Waals surface area contributed by atoms with E-state index in [1.807, 2.05) is 60.0 Å². The lowest BCUT2D eigenvalue weighted by molar-refractivity contribution is 0.131. The predicted molar refractivity (Wildman–Crippen MR) is 140 cm³/mol. The first kappa shape index (κ1) is 24.1. The first-order chi connectivity index (χ1) is 17.7. The van der Waals surface area contributed by atoms with Crippen LogP contribution in [-0.4, -0.2) is 59.7 Å². The van der Waals surface area contributed by atoms with Gasteiger partial charge >= 0.3 is 0 Å². The van der Waals surface area contributed by atoms with Crippen LogP contribution in [0, 0.1) is 0 Å². The van der Waals surface area contributed by atoms with Crippen molar-refractivity contribution in [2.75, 3.05) is 38.9 Å². The van der Waals surface area contributed by atoms with Crippen molar-refractivity contribution in [3.05, 3.63) is 60.3 Å². The van der Waals surface area contributed by atoms with Crippen molar-refractivity contribution in [2.24, 2.45) is 0 Å². The first-order valence-corrected chi connectivity index (χ1v) is 12.3. The molecule has 36 heavy (non-hydrogen) atoms. The van der Waals surface area contributed by atoms with E-state index in [0.29, 0.717) is 13.2 Å². The molecule has 0 amide bonds. The maximum atomic E-state index is 10.0. The summed E-state index contributed by atoms with van der Waals surface area (Å²) in [7, 11) is 3.32. The van der Waals surface area contributed by atoms with Crippen molar-refractivity contribution >= 4 is 11.5 Å². The van der Waals surface area contributed by atoms with Gasteiger partial charge in [-0.15, -0.1) is 0 Å². The van der Waals surface area contributed by atoms with Gasteiger partial charge in [-0.05, 0) is 49.6 Å². The summed E-state index contributed by atoms with van der Waals surface area (Å²) in [4.78, 5) is 7.33. The van der Waals surface area contributed by atoms with Gasteiger partial charge < -0.3 is 24.2 Å². The number of ether oxygens (including phenoxy) is 3. The summed E-state index contributed by atoms with van der Waals surface area (Å²) < 4.78 is 18.6. The Morgan fingerprint density at radius 3 is 2.53 bits per heavy atom. The van der Waals surface area contributed by atoms with Gasteiger partial charge in [0.2, 0.25) is 0 Å². The second kappa shape index (κ2) is 10.6. The normalized spacial score (nSPS) is 15.6. The first-order valence-electron chi connectivity index (χ1n) is 12.3. The zero-order valence-electron chi connectivity index (χ0n) is 21.0. The zero-order valence-corrected chi connectivity index (χ0v) is 21.0. The number of nitrogens with zero attached hydrogens (tertiary/aromatic N) is 4. The molecule has 2 aromatic heterocycles. The molecule has 0 saturated carbocycles. The molecule has 1 unspecified atom stereocenters. The quantitative estimate of drug-likeness (QED) is 0.369. The minimum Gasteiger partial charge on any atom is -0.497 e. The lowest BCUT2D eigenvalue weighted by Crippen LogP contribution is -2.32. The van der Waals surface area contributed by atoms with E-state index in [-0.39, 0.29) is 12.6 Å². The van der Waals surface area contributed by atoms with Gasteiger partial charge in [-0.3, -0.25) is 0 Å². The SMILES string of the molecule is CCOCc1nn2c(-c3cccc(OC)c3)cc(N3CCCC3CO)nc2c1-c1ccc(OC)cc1. The average molecular weight is 489 g/mol. The van der Waals surface area contributed by atoms with Crippen LogP contribution < -0.4 is 14.4 Å². The van der Waals surface area contributed by atoms with Gasteiger partial charge in [-0.2, -0.15) is 5.10 Å². The van der Waals surface area contributed by atoms with Gasteiger partial charge in [-0.1, -0.05) is 24.3 Å². The molecular weight excluding hydrogens is 456 g/mol. The second-order valence-corrected chi connectivity index (χ2v) is 8.83. The molecule has 188 valence electrons. The highest BCUT2D eigenvalue weighted by atomic mass is 16.5. The number of aromatic nitrogens is 3. The number of fused-ring (bicyclic) bond motifs is 1. The van der Waals surface area contributed by atoms with Crippen LogP contribution in [-0.2, 0) is 11.3 Å². The maximum absolute atomic E-state index is 10.0. The fourth-order valence-electron chi connectivity index (χ4n) is 4.86. The van der Waals surface area contributed by atoms with E-state index < -0.39 is 0 Å². The summed E-state index contributed by atoms with van der Waals surface area (Å²) >= 11 is 0. The van der Waals surface area contributed by atoms with Crippen molar-refractivity contribution in [3.63, 3.8) is 0 Å². The molecule has 0 spiro atoms. The number of anilines is 1. The highest BCUT2D eigenvalue weighted by Crippen LogP contribution is 2.36. The largest absolute Gasteiger partial charge is 0.497 e. The molecular formula is C28H32N4O4. The molecule has 1 atom stereocenters. The number of benzene rings is 2. The third-order valence-electron chi connectivity index (χ3n) is 6.72. The highest BCUT2D eigenvalue weighted by molar-refractivity contribution is 5.83. The number of hydrogen-bond donors (Lipinski definition) is 1. The van der Waals surface area contributed by atoms with Crippen molar-refractivity contribution < 1.29 is 19.3 Å². The topological polar surface area (TPSA) is 81.4 Å². The Hall–Kier alpha value is -3.62. The molecule has 4 aromatic rings. The summed E-state index contributed by atoms with van der Waals surface area (Å²) in [6.07, 6.45) is 1.96. The van der Waals surface area contributed by atoms with E-state index in [2.05, 4.69) is 11.0 Å². The van der Waals surface area contributed by atoms with Gasteiger partial charge in [0.15, 0.2) is 5.65 Å². The molecule has 1 N–H and O–H groups in total.